The molecular formula is C19H13Br2ClN4O3. The summed E-state index contributed by atoms with van der Waals surface area (Å²) < 4.78 is 7.31. The van der Waals surface area contributed by atoms with Crippen LogP contribution < -0.4 is 10.2 Å². The van der Waals surface area contributed by atoms with Crippen molar-refractivity contribution >= 4 is 61.2 Å². The van der Waals surface area contributed by atoms with Crippen molar-refractivity contribution in [3.05, 3.63) is 89.9 Å². The standard InChI is InChI=1S/C19H13Br2ClN4O3/c20-14-8-12(10-24-25-19-17(26(27)28)6-3-7-23-19)9-15(21)18(14)29-11-13-4-1-2-5-16(13)22/h1-10H,11H2,(H,23,25)/b24-10-. The fraction of sp³-hybridized carbons (Fsp3) is 0.0526. The molecule has 1 heterocycles. The quantitative estimate of drug-likeness (QED) is 0.219. The molecule has 3 rings (SSSR count). The number of ether oxygens (including phenoxy) is 1. The third-order valence-electron chi connectivity index (χ3n) is 3.72. The number of hydrazone groups is 1. The van der Waals surface area contributed by atoms with E-state index in [2.05, 4.69) is 47.4 Å². The van der Waals surface area contributed by atoms with Gasteiger partial charge in [-0.2, -0.15) is 5.10 Å². The Kier molecular flexibility index (Phi) is 7.18. The SMILES string of the molecule is O=[N+]([O-])c1cccnc1N/N=C\c1cc(Br)c(OCc2ccccc2Cl)c(Br)c1. The molecular weight excluding hydrogens is 527 g/mol. The van der Waals surface area contributed by atoms with Crippen LogP contribution >= 0.6 is 43.5 Å². The van der Waals surface area contributed by atoms with Crippen molar-refractivity contribution in [2.75, 3.05) is 5.43 Å². The predicted octanol–water partition coefficient (Wildman–Crippen LogP) is 6.19. The number of aromatic nitrogens is 1. The summed E-state index contributed by atoms with van der Waals surface area (Å²) in [6, 6.07) is 13.9. The molecule has 0 aliphatic heterocycles. The summed E-state index contributed by atoms with van der Waals surface area (Å²) in [5, 5.41) is 15.7. The molecule has 0 saturated carbocycles. The molecule has 0 amide bonds. The van der Waals surface area contributed by atoms with Gasteiger partial charge in [-0.15, -0.1) is 0 Å². The summed E-state index contributed by atoms with van der Waals surface area (Å²) >= 11 is 13.1. The summed E-state index contributed by atoms with van der Waals surface area (Å²) in [6.45, 7) is 0.315. The van der Waals surface area contributed by atoms with Crippen LogP contribution in [-0.4, -0.2) is 16.1 Å². The zero-order valence-corrected chi connectivity index (χ0v) is 18.6. The number of nitro groups is 1. The van der Waals surface area contributed by atoms with E-state index in [-0.39, 0.29) is 11.5 Å². The van der Waals surface area contributed by atoms with Gasteiger partial charge in [-0.05, 0) is 61.7 Å². The van der Waals surface area contributed by atoms with Crippen molar-refractivity contribution < 1.29 is 9.66 Å². The first-order valence-corrected chi connectivity index (χ1v) is 10.2. The monoisotopic (exact) mass is 538 g/mol. The van der Waals surface area contributed by atoms with Crippen molar-refractivity contribution in [1.29, 1.82) is 0 Å². The third kappa shape index (κ3) is 5.53. The number of rotatable bonds is 7. The summed E-state index contributed by atoms with van der Waals surface area (Å²) in [5.74, 6) is 0.682. The lowest BCUT2D eigenvalue weighted by Crippen LogP contribution is -2.00. The second-order valence-electron chi connectivity index (χ2n) is 5.69. The molecule has 29 heavy (non-hydrogen) atoms. The second kappa shape index (κ2) is 9.82. The molecule has 7 nitrogen and oxygen atoms in total. The first kappa shape index (κ1) is 21.2. The first-order chi connectivity index (χ1) is 14.0. The van der Waals surface area contributed by atoms with E-state index in [1.807, 2.05) is 36.4 Å². The van der Waals surface area contributed by atoms with Crippen molar-refractivity contribution in [3.8, 4) is 5.75 Å². The molecule has 3 aromatic rings. The maximum Gasteiger partial charge on any atom is 0.313 e. The van der Waals surface area contributed by atoms with Crippen LogP contribution in [0.4, 0.5) is 11.5 Å². The van der Waals surface area contributed by atoms with E-state index in [1.54, 1.807) is 0 Å². The smallest absolute Gasteiger partial charge is 0.313 e. The summed E-state index contributed by atoms with van der Waals surface area (Å²) in [7, 11) is 0. The van der Waals surface area contributed by atoms with Crippen molar-refractivity contribution in [2.45, 2.75) is 6.61 Å². The van der Waals surface area contributed by atoms with E-state index in [0.29, 0.717) is 26.3 Å². The number of hydrogen-bond donors (Lipinski definition) is 1. The van der Waals surface area contributed by atoms with Gasteiger partial charge in [0, 0.05) is 22.8 Å². The molecule has 2 aromatic carbocycles. The van der Waals surface area contributed by atoms with E-state index in [9.17, 15) is 10.1 Å². The van der Waals surface area contributed by atoms with Crippen LogP contribution in [0.3, 0.4) is 0 Å². The van der Waals surface area contributed by atoms with Gasteiger partial charge in [-0.3, -0.25) is 15.5 Å². The lowest BCUT2D eigenvalue weighted by Gasteiger charge is -2.12. The topological polar surface area (TPSA) is 89.7 Å². The third-order valence-corrected chi connectivity index (χ3v) is 5.26. The highest BCUT2D eigenvalue weighted by Crippen LogP contribution is 2.35. The molecule has 0 atom stereocenters. The second-order valence-corrected chi connectivity index (χ2v) is 7.81. The van der Waals surface area contributed by atoms with E-state index < -0.39 is 4.92 Å². The maximum absolute atomic E-state index is 11.0. The molecule has 1 N–H and O–H groups in total. The van der Waals surface area contributed by atoms with Crippen LogP contribution in [-0.2, 0) is 6.61 Å². The molecule has 0 unspecified atom stereocenters. The van der Waals surface area contributed by atoms with Gasteiger partial charge in [0.05, 0.1) is 20.1 Å². The van der Waals surface area contributed by atoms with E-state index in [0.717, 1.165) is 11.1 Å². The number of hydrogen-bond acceptors (Lipinski definition) is 6. The lowest BCUT2D eigenvalue weighted by atomic mass is 10.2. The highest BCUT2D eigenvalue weighted by Gasteiger charge is 2.13. The molecule has 0 spiro atoms. The molecule has 0 aliphatic rings. The highest BCUT2D eigenvalue weighted by molar-refractivity contribution is 9.11. The molecule has 1 aromatic heterocycles. The number of halogens is 3. The van der Waals surface area contributed by atoms with Crippen LogP contribution in [0.2, 0.25) is 5.02 Å². The number of nitrogens with zero attached hydrogens (tertiary/aromatic N) is 3. The molecule has 0 fully saturated rings. The van der Waals surface area contributed by atoms with Crippen LogP contribution in [0, 0.1) is 10.1 Å². The van der Waals surface area contributed by atoms with E-state index >= 15 is 0 Å². The largest absolute Gasteiger partial charge is 0.486 e. The Morgan fingerprint density at radius 1 is 1.21 bits per heavy atom. The maximum atomic E-state index is 11.0. The summed E-state index contributed by atoms with van der Waals surface area (Å²) in [4.78, 5) is 14.4. The normalized spacial score (nSPS) is 10.9. The van der Waals surface area contributed by atoms with Crippen molar-refractivity contribution in [2.24, 2.45) is 5.10 Å². The van der Waals surface area contributed by atoms with Crippen LogP contribution in [0.1, 0.15) is 11.1 Å². The Morgan fingerprint density at radius 2 is 1.93 bits per heavy atom. The number of nitrogens with one attached hydrogen (secondary N) is 1. The van der Waals surface area contributed by atoms with Gasteiger partial charge in [-0.1, -0.05) is 29.8 Å². The Morgan fingerprint density at radius 3 is 2.62 bits per heavy atom. The summed E-state index contributed by atoms with van der Waals surface area (Å²) in [5.41, 5.74) is 4.04. The minimum absolute atomic E-state index is 0.0616. The van der Waals surface area contributed by atoms with Gasteiger partial charge in [-0.25, -0.2) is 4.98 Å². The van der Waals surface area contributed by atoms with Crippen LogP contribution in [0.15, 0.2) is 68.8 Å². The molecule has 0 saturated heterocycles. The first-order valence-electron chi connectivity index (χ1n) is 8.19. The fourth-order valence-electron chi connectivity index (χ4n) is 2.36. The molecule has 148 valence electrons. The fourth-order valence-corrected chi connectivity index (χ4v) is 4.00. The zero-order chi connectivity index (χ0) is 20.8. The average molecular weight is 541 g/mol. The predicted molar refractivity (Wildman–Crippen MR) is 120 cm³/mol. The van der Waals surface area contributed by atoms with Gasteiger partial charge in [0.25, 0.3) is 0 Å². The van der Waals surface area contributed by atoms with Gasteiger partial charge in [0.1, 0.15) is 12.4 Å². The molecule has 0 aliphatic carbocycles. The molecule has 10 heteroatoms. The Labute approximate surface area is 188 Å². The Balaban J connectivity index is 1.71. The van der Waals surface area contributed by atoms with Gasteiger partial charge >= 0.3 is 5.69 Å². The van der Waals surface area contributed by atoms with Gasteiger partial charge in [0.2, 0.25) is 5.82 Å². The highest BCUT2D eigenvalue weighted by atomic mass is 79.9. The van der Waals surface area contributed by atoms with Gasteiger partial charge in [0.15, 0.2) is 0 Å². The Bertz CT molecular complexity index is 1060. The zero-order valence-electron chi connectivity index (χ0n) is 14.7. The molecule has 0 bridgehead atoms. The van der Waals surface area contributed by atoms with Crippen molar-refractivity contribution in [1.82, 2.24) is 4.98 Å². The van der Waals surface area contributed by atoms with E-state index in [1.165, 1.54) is 24.5 Å². The minimum Gasteiger partial charge on any atom is -0.486 e. The van der Waals surface area contributed by atoms with Crippen LogP contribution in [0.5, 0.6) is 5.75 Å². The number of pyridine rings is 1. The average Bonchev–Trinajstić information content (AvgIpc) is 2.69. The van der Waals surface area contributed by atoms with Crippen LogP contribution in [0.25, 0.3) is 0 Å². The minimum atomic E-state index is -0.525. The molecule has 0 radical (unpaired) electrons. The van der Waals surface area contributed by atoms with Gasteiger partial charge < -0.3 is 4.74 Å². The number of benzene rings is 2. The van der Waals surface area contributed by atoms with E-state index in [4.69, 9.17) is 16.3 Å². The summed E-state index contributed by atoms with van der Waals surface area (Å²) in [6.07, 6.45) is 2.97. The lowest BCUT2D eigenvalue weighted by molar-refractivity contribution is -0.384. The number of anilines is 1. The van der Waals surface area contributed by atoms with Crippen molar-refractivity contribution in [3.63, 3.8) is 0 Å². The Hall–Kier alpha value is -2.49.